The van der Waals surface area contributed by atoms with E-state index in [1.54, 1.807) is 6.33 Å². The van der Waals surface area contributed by atoms with Crippen LogP contribution in [0.3, 0.4) is 0 Å². The molecule has 6 nitrogen and oxygen atoms in total. The van der Waals surface area contributed by atoms with E-state index < -0.39 is 0 Å². The van der Waals surface area contributed by atoms with Crippen LogP contribution >= 0.6 is 24.0 Å². The predicted octanol–water partition coefficient (Wildman–Crippen LogP) is 0.734. The fraction of sp³-hybridized carbons (Fsp3) is 0.700. The first-order chi connectivity index (χ1) is 7.77. The Hall–Kier alpha value is -0.860. The molecule has 1 fully saturated rings. The normalized spacial score (nSPS) is 16.8. The summed E-state index contributed by atoms with van der Waals surface area (Å²) >= 11 is 0. The number of nitrogens with two attached hydrogens (primary N) is 1. The number of halogens is 1. The molecule has 2 N–H and O–H groups in total. The van der Waals surface area contributed by atoms with Gasteiger partial charge < -0.3 is 15.2 Å². The van der Waals surface area contributed by atoms with E-state index in [0.29, 0.717) is 12.5 Å². The Balaban J connectivity index is 0.00000144. The molecular weight excluding hydrogens is 331 g/mol. The van der Waals surface area contributed by atoms with Crippen molar-refractivity contribution in [2.45, 2.75) is 25.8 Å². The molecule has 1 saturated heterocycles. The average molecular weight is 350 g/mol. The predicted molar refractivity (Wildman–Crippen MR) is 77.2 cm³/mol. The summed E-state index contributed by atoms with van der Waals surface area (Å²) in [7, 11) is 1.90. The smallest absolute Gasteiger partial charge is 0.191 e. The SMILES string of the molecule is Cn1cnnc1CN=C(N)N1CCCCC1.I. The molecule has 1 aromatic rings. The zero-order chi connectivity index (χ0) is 11.4. The van der Waals surface area contributed by atoms with Crippen molar-refractivity contribution in [2.75, 3.05) is 13.1 Å². The van der Waals surface area contributed by atoms with E-state index in [9.17, 15) is 0 Å². The minimum absolute atomic E-state index is 0. The fourth-order valence-corrected chi connectivity index (χ4v) is 1.82. The van der Waals surface area contributed by atoms with Crippen molar-refractivity contribution in [3.05, 3.63) is 12.2 Å². The summed E-state index contributed by atoms with van der Waals surface area (Å²) in [5.74, 6) is 1.46. The van der Waals surface area contributed by atoms with E-state index in [-0.39, 0.29) is 24.0 Å². The lowest BCUT2D eigenvalue weighted by atomic mass is 10.1. The van der Waals surface area contributed by atoms with Crippen molar-refractivity contribution < 1.29 is 0 Å². The number of rotatable bonds is 2. The molecule has 0 aliphatic carbocycles. The first-order valence-corrected chi connectivity index (χ1v) is 5.65. The van der Waals surface area contributed by atoms with Gasteiger partial charge in [-0.1, -0.05) is 0 Å². The molecule has 17 heavy (non-hydrogen) atoms. The third-order valence-electron chi connectivity index (χ3n) is 2.87. The van der Waals surface area contributed by atoms with Crippen LogP contribution < -0.4 is 5.73 Å². The highest BCUT2D eigenvalue weighted by atomic mass is 127. The van der Waals surface area contributed by atoms with Crippen molar-refractivity contribution in [3.8, 4) is 0 Å². The van der Waals surface area contributed by atoms with Crippen molar-refractivity contribution in [2.24, 2.45) is 17.8 Å². The third-order valence-corrected chi connectivity index (χ3v) is 2.87. The van der Waals surface area contributed by atoms with Gasteiger partial charge in [0, 0.05) is 20.1 Å². The second kappa shape index (κ2) is 6.77. The Morgan fingerprint density at radius 1 is 1.41 bits per heavy atom. The number of aryl methyl sites for hydroxylation is 1. The van der Waals surface area contributed by atoms with Crippen LogP contribution in [0.25, 0.3) is 0 Å². The summed E-state index contributed by atoms with van der Waals surface area (Å²) < 4.78 is 1.85. The van der Waals surface area contributed by atoms with Crippen LogP contribution in [0.5, 0.6) is 0 Å². The van der Waals surface area contributed by atoms with E-state index in [1.807, 2.05) is 11.6 Å². The van der Waals surface area contributed by atoms with Crippen molar-refractivity contribution in [3.63, 3.8) is 0 Å². The topological polar surface area (TPSA) is 72.3 Å². The molecule has 96 valence electrons. The van der Waals surface area contributed by atoms with Gasteiger partial charge in [-0.3, -0.25) is 0 Å². The maximum Gasteiger partial charge on any atom is 0.191 e. The van der Waals surface area contributed by atoms with E-state index in [2.05, 4.69) is 20.1 Å². The van der Waals surface area contributed by atoms with Gasteiger partial charge in [0.25, 0.3) is 0 Å². The highest BCUT2D eigenvalue weighted by molar-refractivity contribution is 14.0. The van der Waals surface area contributed by atoms with Gasteiger partial charge in [0.1, 0.15) is 12.9 Å². The lowest BCUT2D eigenvalue weighted by molar-refractivity contribution is 0.338. The Kier molecular flexibility index (Phi) is 5.66. The molecule has 0 spiro atoms. The van der Waals surface area contributed by atoms with Gasteiger partial charge in [-0.25, -0.2) is 4.99 Å². The van der Waals surface area contributed by atoms with Crippen LogP contribution in [0.1, 0.15) is 25.1 Å². The largest absolute Gasteiger partial charge is 0.370 e. The maximum atomic E-state index is 5.93. The van der Waals surface area contributed by atoms with E-state index in [0.717, 1.165) is 18.9 Å². The monoisotopic (exact) mass is 350 g/mol. The van der Waals surface area contributed by atoms with E-state index in [4.69, 9.17) is 5.73 Å². The summed E-state index contributed by atoms with van der Waals surface area (Å²) in [6, 6.07) is 0. The number of hydrogen-bond donors (Lipinski definition) is 1. The zero-order valence-electron chi connectivity index (χ0n) is 10.0. The van der Waals surface area contributed by atoms with Gasteiger partial charge in [0.2, 0.25) is 0 Å². The molecule has 0 amide bonds. The second-order valence-electron chi connectivity index (χ2n) is 4.08. The third kappa shape index (κ3) is 3.83. The van der Waals surface area contributed by atoms with Gasteiger partial charge in [-0.15, -0.1) is 34.2 Å². The van der Waals surface area contributed by atoms with Crippen LogP contribution in [-0.4, -0.2) is 38.7 Å². The number of piperidine rings is 1. The van der Waals surface area contributed by atoms with Crippen LogP contribution in [-0.2, 0) is 13.6 Å². The molecule has 0 bridgehead atoms. The Morgan fingerprint density at radius 3 is 2.71 bits per heavy atom. The number of guanidine groups is 1. The van der Waals surface area contributed by atoms with Crippen molar-refractivity contribution in [1.29, 1.82) is 0 Å². The molecule has 2 heterocycles. The number of aromatic nitrogens is 3. The molecule has 0 atom stereocenters. The molecule has 0 saturated carbocycles. The van der Waals surface area contributed by atoms with Crippen molar-refractivity contribution in [1.82, 2.24) is 19.7 Å². The van der Waals surface area contributed by atoms with Gasteiger partial charge in [0.15, 0.2) is 11.8 Å². The molecule has 1 aromatic heterocycles. The van der Waals surface area contributed by atoms with Crippen LogP contribution in [0.4, 0.5) is 0 Å². The second-order valence-corrected chi connectivity index (χ2v) is 4.08. The highest BCUT2D eigenvalue weighted by Crippen LogP contribution is 2.08. The molecular formula is C10H19IN6. The number of likely N-dealkylation sites (tertiary alicyclic amines) is 1. The highest BCUT2D eigenvalue weighted by Gasteiger charge is 2.11. The lowest BCUT2D eigenvalue weighted by Gasteiger charge is -2.27. The summed E-state index contributed by atoms with van der Waals surface area (Å²) in [5.41, 5.74) is 5.93. The summed E-state index contributed by atoms with van der Waals surface area (Å²) in [4.78, 5) is 6.49. The fourth-order valence-electron chi connectivity index (χ4n) is 1.82. The van der Waals surface area contributed by atoms with Gasteiger partial charge >= 0.3 is 0 Å². The van der Waals surface area contributed by atoms with Gasteiger partial charge in [0.05, 0.1) is 0 Å². The molecule has 1 aliphatic rings. The Bertz CT molecular complexity index is 369. The number of aliphatic imine (C=N–C) groups is 1. The van der Waals surface area contributed by atoms with Gasteiger partial charge in [-0.2, -0.15) is 0 Å². The Morgan fingerprint density at radius 2 is 2.12 bits per heavy atom. The van der Waals surface area contributed by atoms with Crippen LogP contribution in [0, 0.1) is 0 Å². The summed E-state index contributed by atoms with van der Waals surface area (Å²) in [6.45, 7) is 2.54. The van der Waals surface area contributed by atoms with Gasteiger partial charge in [-0.05, 0) is 19.3 Å². The number of hydrogen-bond acceptors (Lipinski definition) is 3. The molecule has 0 aromatic carbocycles. The molecule has 7 heteroatoms. The maximum absolute atomic E-state index is 5.93. The van der Waals surface area contributed by atoms with E-state index >= 15 is 0 Å². The van der Waals surface area contributed by atoms with E-state index in [1.165, 1.54) is 19.3 Å². The molecule has 0 radical (unpaired) electrons. The average Bonchev–Trinajstić information content (AvgIpc) is 2.73. The molecule has 2 rings (SSSR count). The summed E-state index contributed by atoms with van der Waals surface area (Å²) in [6.07, 6.45) is 5.38. The number of nitrogens with zero attached hydrogens (tertiary/aromatic N) is 5. The molecule has 1 aliphatic heterocycles. The standard InChI is InChI=1S/C10H18N6.HI/c1-15-8-13-14-9(15)7-12-10(11)16-5-3-2-4-6-16;/h8H,2-7H2,1H3,(H2,11,12);1H. The summed E-state index contributed by atoms with van der Waals surface area (Å²) in [5, 5.41) is 7.77. The lowest BCUT2D eigenvalue weighted by Crippen LogP contribution is -2.40. The Labute approximate surface area is 118 Å². The minimum atomic E-state index is 0. The minimum Gasteiger partial charge on any atom is -0.370 e. The first kappa shape index (κ1) is 14.2. The first-order valence-electron chi connectivity index (χ1n) is 5.65. The molecule has 0 unspecified atom stereocenters. The van der Waals surface area contributed by atoms with Crippen LogP contribution in [0.2, 0.25) is 0 Å². The zero-order valence-corrected chi connectivity index (χ0v) is 12.4. The quantitative estimate of drug-likeness (QED) is 0.485. The van der Waals surface area contributed by atoms with Crippen LogP contribution in [0.15, 0.2) is 11.3 Å². The van der Waals surface area contributed by atoms with Crippen molar-refractivity contribution >= 4 is 29.9 Å².